The van der Waals surface area contributed by atoms with Crippen molar-refractivity contribution in [3.05, 3.63) is 35.4 Å². The van der Waals surface area contributed by atoms with Gasteiger partial charge in [0.2, 0.25) is 0 Å². The first-order valence-corrected chi connectivity index (χ1v) is 9.31. The van der Waals surface area contributed by atoms with E-state index in [0.717, 1.165) is 12.3 Å². The Hall–Kier alpha value is -1.70. The van der Waals surface area contributed by atoms with E-state index in [1.807, 2.05) is 0 Å². The van der Waals surface area contributed by atoms with Crippen LogP contribution in [0.1, 0.15) is 31.7 Å². The van der Waals surface area contributed by atoms with E-state index in [4.69, 9.17) is 0 Å². The zero-order valence-corrected chi connectivity index (χ0v) is 14.2. The highest BCUT2D eigenvalue weighted by Gasteiger charge is 2.14. The van der Waals surface area contributed by atoms with Gasteiger partial charge in [-0.15, -0.1) is 0 Å². The molecule has 0 spiro atoms. The van der Waals surface area contributed by atoms with Gasteiger partial charge in [-0.05, 0) is 25.0 Å². The Morgan fingerprint density at radius 1 is 1.26 bits per heavy atom. The Bertz CT molecular complexity index is 650. The molecule has 0 radical (unpaired) electrons. The lowest BCUT2D eigenvalue weighted by Gasteiger charge is -2.17. The van der Waals surface area contributed by atoms with Gasteiger partial charge >= 0.3 is 6.03 Å². The maximum absolute atomic E-state index is 13.6. The van der Waals surface area contributed by atoms with Crippen LogP contribution in [0, 0.1) is 11.6 Å². The van der Waals surface area contributed by atoms with Crippen molar-refractivity contribution in [1.29, 1.82) is 0 Å². The van der Waals surface area contributed by atoms with Gasteiger partial charge in [-0.25, -0.2) is 22.0 Å². The first-order valence-electron chi connectivity index (χ1n) is 7.25. The van der Waals surface area contributed by atoms with Gasteiger partial charge in [0.25, 0.3) is 0 Å². The fraction of sp³-hybridized carbons (Fsp3) is 0.533. The zero-order chi connectivity index (χ0) is 17.6. The third-order valence-corrected chi connectivity index (χ3v) is 4.34. The van der Waals surface area contributed by atoms with E-state index in [2.05, 4.69) is 10.6 Å². The van der Waals surface area contributed by atoms with Gasteiger partial charge in [0.05, 0.1) is 5.75 Å². The summed E-state index contributed by atoms with van der Waals surface area (Å²) in [5.74, 6) is -1.64. The molecule has 2 amide bonds. The lowest BCUT2D eigenvalue weighted by Crippen LogP contribution is -2.42. The predicted octanol–water partition coefficient (Wildman–Crippen LogP) is 2.19. The number of hydrogen-bond donors (Lipinski definition) is 2. The number of sulfone groups is 1. The third-order valence-electron chi connectivity index (χ3n) is 3.36. The number of halogens is 2. The fourth-order valence-electron chi connectivity index (χ4n) is 1.99. The van der Waals surface area contributed by atoms with Crippen LogP contribution in [0.5, 0.6) is 0 Å². The van der Waals surface area contributed by atoms with Gasteiger partial charge in [-0.3, -0.25) is 0 Å². The molecule has 0 aliphatic carbocycles. The standard InChI is InChI=1S/C15H22F2N2O3S/c1-10(13-5-4-12(16)8-14(13)17)9-18-15(20)19-11(2)6-7-23(3,21)22/h4-5,8,10-11H,6-7,9H2,1-3H3,(H2,18,19,20). The van der Waals surface area contributed by atoms with Crippen molar-refractivity contribution in [1.82, 2.24) is 10.6 Å². The number of nitrogens with one attached hydrogen (secondary N) is 2. The summed E-state index contributed by atoms with van der Waals surface area (Å²) in [6.07, 6.45) is 1.45. The van der Waals surface area contributed by atoms with Gasteiger partial charge in [-0.1, -0.05) is 13.0 Å². The van der Waals surface area contributed by atoms with Crippen LogP contribution in [-0.4, -0.2) is 39.0 Å². The van der Waals surface area contributed by atoms with Crippen molar-refractivity contribution in [2.45, 2.75) is 32.2 Å². The van der Waals surface area contributed by atoms with Gasteiger partial charge in [-0.2, -0.15) is 0 Å². The first-order chi connectivity index (χ1) is 10.6. The smallest absolute Gasteiger partial charge is 0.315 e. The summed E-state index contributed by atoms with van der Waals surface area (Å²) in [4.78, 5) is 11.7. The molecule has 5 nitrogen and oxygen atoms in total. The van der Waals surface area contributed by atoms with Crippen molar-refractivity contribution in [3.8, 4) is 0 Å². The second-order valence-electron chi connectivity index (χ2n) is 5.74. The molecule has 23 heavy (non-hydrogen) atoms. The molecule has 2 atom stereocenters. The Kier molecular flexibility index (Phi) is 6.93. The number of hydrogen-bond acceptors (Lipinski definition) is 3. The topological polar surface area (TPSA) is 75.3 Å². The van der Waals surface area contributed by atoms with Crippen molar-refractivity contribution in [3.63, 3.8) is 0 Å². The average molecular weight is 348 g/mol. The molecule has 1 aromatic rings. The molecule has 130 valence electrons. The summed E-state index contributed by atoms with van der Waals surface area (Å²) in [5, 5.41) is 5.21. The van der Waals surface area contributed by atoms with Crippen LogP contribution in [0.15, 0.2) is 18.2 Å². The third kappa shape index (κ3) is 7.40. The van der Waals surface area contributed by atoms with Crippen LogP contribution >= 0.6 is 0 Å². The molecule has 0 saturated carbocycles. The van der Waals surface area contributed by atoms with E-state index >= 15 is 0 Å². The quantitative estimate of drug-likeness (QED) is 0.793. The summed E-state index contributed by atoms with van der Waals surface area (Å²) in [6, 6.07) is 2.56. The van der Waals surface area contributed by atoms with Crippen LogP contribution in [0.4, 0.5) is 13.6 Å². The molecule has 0 heterocycles. The largest absolute Gasteiger partial charge is 0.338 e. The van der Waals surface area contributed by atoms with Crippen molar-refractivity contribution >= 4 is 15.9 Å². The zero-order valence-electron chi connectivity index (χ0n) is 13.4. The molecule has 0 aliphatic heterocycles. The molecule has 8 heteroatoms. The molecule has 0 fully saturated rings. The molecule has 1 aromatic carbocycles. The number of rotatable bonds is 7. The summed E-state index contributed by atoms with van der Waals surface area (Å²) >= 11 is 0. The highest BCUT2D eigenvalue weighted by Crippen LogP contribution is 2.19. The molecular weight excluding hydrogens is 326 g/mol. The second-order valence-corrected chi connectivity index (χ2v) is 8.00. The van der Waals surface area contributed by atoms with Gasteiger partial charge in [0.15, 0.2) is 0 Å². The minimum absolute atomic E-state index is 0.00829. The van der Waals surface area contributed by atoms with Gasteiger partial charge < -0.3 is 10.6 Å². The molecule has 0 aromatic heterocycles. The molecule has 0 bridgehead atoms. The van der Waals surface area contributed by atoms with E-state index in [1.165, 1.54) is 12.1 Å². The normalized spacial score (nSPS) is 14.1. The maximum Gasteiger partial charge on any atom is 0.315 e. The highest BCUT2D eigenvalue weighted by atomic mass is 32.2. The Morgan fingerprint density at radius 2 is 1.91 bits per heavy atom. The fourth-order valence-corrected chi connectivity index (χ4v) is 2.78. The number of benzene rings is 1. The van der Waals surface area contributed by atoms with E-state index in [1.54, 1.807) is 13.8 Å². The predicted molar refractivity (Wildman–Crippen MR) is 85.1 cm³/mol. The van der Waals surface area contributed by atoms with Crippen LogP contribution in [0.3, 0.4) is 0 Å². The lowest BCUT2D eigenvalue weighted by molar-refractivity contribution is 0.237. The van der Waals surface area contributed by atoms with Crippen LogP contribution in [0.25, 0.3) is 0 Å². The minimum atomic E-state index is -3.07. The van der Waals surface area contributed by atoms with Gasteiger partial charge in [0, 0.05) is 30.8 Å². The van der Waals surface area contributed by atoms with Crippen molar-refractivity contribution < 1.29 is 22.0 Å². The average Bonchev–Trinajstić information content (AvgIpc) is 2.42. The number of amides is 2. The van der Waals surface area contributed by atoms with Gasteiger partial charge in [0.1, 0.15) is 21.5 Å². The van der Waals surface area contributed by atoms with E-state index < -0.39 is 27.5 Å². The molecule has 2 N–H and O–H groups in total. The number of urea groups is 1. The first kappa shape index (κ1) is 19.3. The monoisotopic (exact) mass is 348 g/mol. The Labute approximate surface area is 135 Å². The Balaban J connectivity index is 2.43. The SMILES string of the molecule is CC(CCS(C)(=O)=O)NC(=O)NCC(C)c1ccc(F)cc1F. The van der Waals surface area contributed by atoms with E-state index in [-0.39, 0.29) is 24.3 Å². The highest BCUT2D eigenvalue weighted by molar-refractivity contribution is 7.90. The lowest BCUT2D eigenvalue weighted by atomic mass is 10.0. The van der Waals surface area contributed by atoms with Crippen LogP contribution < -0.4 is 10.6 Å². The van der Waals surface area contributed by atoms with Crippen LogP contribution in [-0.2, 0) is 9.84 Å². The van der Waals surface area contributed by atoms with Crippen molar-refractivity contribution in [2.75, 3.05) is 18.6 Å². The Morgan fingerprint density at radius 3 is 2.48 bits per heavy atom. The van der Waals surface area contributed by atoms with Crippen molar-refractivity contribution in [2.24, 2.45) is 0 Å². The summed E-state index contributed by atoms with van der Waals surface area (Å²) in [5.41, 5.74) is 0.317. The van der Waals surface area contributed by atoms with E-state index in [9.17, 15) is 22.0 Å². The molecular formula is C15H22F2N2O3S. The van der Waals surface area contributed by atoms with Crippen LogP contribution in [0.2, 0.25) is 0 Å². The van der Waals surface area contributed by atoms with E-state index in [0.29, 0.717) is 12.0 Å². The molecule has 0 saturated heterocycles. The summed E-state index contributed by atoms with van der Waals surface area (Å²) in [6.45, 7) is 3.59. The number of carbonyl (C=O) groups excluding carboxylic acids is 1. The summed E-state index contributed by atoms with van der Waals surface area (Å²) < 4.78 is 48.6. The summed E-state index contributed by atoms with van der Waals surface area (Å²) in [7, 11) is -3.07. The molecule has 1 rings (SSSR count). The molecule has 2 unspecified atom stereocenters. The molecule has 0 aliphatic rings. The minimum Gasteiger partial charge on any atom is -0.338 e. The second kappa shape index (κ2) is 8.24. The number of carbonyl (C=O) groups is 1. The maximum atomic E-state index is 13.6.